The van der Waals surface area contributed by atoms with E-state index in [1.54, 1.807) is 4.90 Å². The first kappa shape index (κ1) is 21.8. The molecule has 1 aromatic rings. The van der Waals surface area contributed by atoms with Crippen molar-refractivity contribution >= 4 is 29.1 Å². The largest absolute Gasteiger partial charge is 0.343 e. The molecule has 3 amide bonds. The van der Waals surface area contributed by atoms with Crippen LogP contribution in [0.15, 0.2) is 17.5 Å². The van der Waals surface area contributed by atoms with Crippen LogP contribution >= 0.6 is 11.3 Å². The van der Waals surface area contributed by atoms with Crippen LogP contribution in [0.1, 0.15) is 36.4 Å². The topological polar surface area (TPSA) is 64.2 Å². The molecule has 0 atom stereocenters. The minimum Gasteiger partial charge on any atom is -0.343 e. The molecule has 0 aromatic carbocycles. The first-order chi connectivity index (χ1) is 13.9. The van der Waals surface area contributed by atoms with Gasteiger partial charge < -0.3 is 14.7 Å². The minimum absolute atomic E-state index is 0.0262. The van der Waals surface area contributed by atoms with E-state index >= 15 is 0 Å². The van der Waals surface area contributed by atoms with Crippen molar-refractivity contribution < 1.29 is 14.4 Å². The Morgan fingerprint density at radius 2 is 1.72 bits per heavy atom. The van der Waals surface area contributed by atoms with Crippen LogP contribution < -0.4 is 0 Å². The van der Waals surface area contributed by atoms with Gasteiger partial charge in [-0.25, -0.2) is 0 Å². The van der Waals surface area contributed by atoms with Crippen LogP contribution in [0, 0.1) is 5.92 Å². The zero-order valence-electron chi connectivity index (χ0n) is 17.7. The summed E-state index contributed by atoms with van der Waals surface area (Å²) < 4.78 is 0. The van der Waals surface area contributed by atoms with E-state index in [1.165, 1.54) is 11.3 Å². The highest BCUT2D eigenvalue weighted by Gasteiger charge is 2.31. The summed E-state index contributed by atoms with van der Waals surface area (Å²) in [4.78, 5) is 46.1. The molecule has 3 rings (SSSR count). The molecule has 0 radical (unpaired) electrons. The van der Waals surface area contributed by atoms with Crippen molar-refractivity contribution in [2.45, 2.75) is 32.7 Å². The van der Waals surface area contributed by atoms with Crippen LogP contribution in [-0.2, 0) is 9.59 Å². The third-order valence-corrected chi connectivity index (χ3v) is 6.93. The van der Waals surface area contributed by atoms with Crippen LogP contribution in [0.5, 0.6) is 0 Å². The number of carbonyl (C=O) groups is 3. The lowest BCUT2D eigenvalue weighted by Gasteiger charge is -2.37. The van der Waals surface area contributed by atoms with Crippen LogP contribution in [0.3, 0.4) is 0 Å². The summed E-state index contributed by atoms with van der Waals surface area (Å²) in [6.07, 6.45) is 1.48. The number of piperidine rings is 1. The highest BCUT2D eigenvalue weighted by Crippen LogP contribution is 2.21. The summed E-state index contributed by atoms with van der Waals surface area (Å²) >= 11 is 1.47. The molecule has 1 aromatic heterocycles. The smallest absolute Gasteiger partial charge is 0.264 e. The van der Waals surface area contributed by atoms with Crippen LogP contribution in [0.4, 0.5) is 0 Å². The number of nitrogens with zero attached hydrogens (tertiary/aromatic N) is 4. The van der Waals surface area contributed by atoms with Crippen molar-refractivity contribution in [3.8, 4) is 0 Å². The number of piperazine rings is 1. The second kappa shape index (κ2) is 9.71. The fourth-order valence-corrected chi connectivity index (χ4v) is 4.57. The third-order valence-electron chi connectivity index (χ3n) is 6.07. The lowest BCUT2D eigenvalue weighted by molar-refractivity contribution is -0.141. The zero-order valence-corrected chi connectivity index (χ0v) is 18.5. The van der Waals surface area contributed by atoms with E-state index in [9.17, 15) is 14.4 Å². The highest BCUT2D eigenvalue weighted by atomic mass is 32.1. The zero-order chi connectivity index (χ0) is 21.0. The summed E-state index contributed by atoms with van der Waals surface area (Å²) in [5, 5.41) is 1.92. The maximum atomic E-state index is 12.7. The predicted octanol–water partition coefficient (Wildman–Crippen LogP) is 1.61. The molecule has 0 aliphatic carbocycles. The Kier molecular flexibility index (Phi) is 7.29. The fraction of sp³-hybridized carbons (Fsp3) is 0.667. The molecule has 2 saturated heterocycles. The fourth-order valence-electron chi connectivity index (χ4n) is 3.87. The number of carbonyl (C=O) groups excluding carboxylic acids is 3. The second-order valence-corrected chi connectivity index (χ2v) is 9.19. The Bertz CT molecular complexity index is 706. The SMILES string of the molecule is CC(C)N(C)C(=O)C1CCN(C(=O)CN2CCN(C(=O)c3cccs3)CC2)CC1. The Balaban J connectivity index is 1.41. The Hall–Kier alpha value is -1.93. The van der Waals surface area contributed by atoms with Crippen LogP contribution in [-0.4, -0.2) is 96.2 Å². The summed E-state index contributed by atoms with van der Waals surface area (Å²) in [6, 6.07) is 3.95. The van der Waals surface area contributed by atoms with E-state index in [4.69, 9.17) is 0 Å². The van der Waals surface area contributed by atoms with Crippen molar-refractivity contribution in [2.24, 2.45) is 5.92 Å². The lowest BCUT2D eigenvalue weighted by Crippen LogP contribution is -2.52. The van der Waals surface area contributed by atoms with Gasteiger partial charge in [0.05, 0.1) is 11.4 Å². The normalized spacial score (nSPS) is 18.9. The first-order valence-electron chi connectivity index (χ1n) is 10.5. The number of amides is 3. The number of hydrogen-bond acceptors (Lipinski definition) is 5. The number of thiophene rings is 1. The van der Waals surface area contributed by atoms with Gasteiger partial charge in [0.15, 0.2) is 0 Å². The van der Waals surface area contributed by atoms with E-state index < -0.39 is 0 Å². The molecule has 29 heavy (non-hydrogen) atoms. The van der Waals surface area contributed by atoms with E-state index in [0.717, 1.165) is 30.8 Å². The molecule has 0 N–H and O–H groups in total. The number of rotatable bonds is 5. The van der Waals surface area contributed by atoms with Gasteiger partial charge in [0.2, 0.25) is 11.8 Å². The van der Waals surface area contributed by atoms with Crippen molar-refractivity contribution in [3.05, 3.63) is 22.4 Å². The molecule has 3 heterocycles. The van der Waals surface area contributed by atoms with E-state index in [1.807, 2.05) is 48.2 Å². The molecular formula is C21H32N4O3S. The van der Waals surface area contributed by atoms with Gasteiger partial charge in [0.1, 0.15) is 0 Å². The summed E-state index contributed by atoms with van der Waals surface area (Å²) in [5.74, 6) is 0.437. The Labute approximate surface area is 177 Å². The predicted molar refractivity (Wildman–Crippen MR) is 114 cm³/mol. The van der Waals surface area contributed by atoms with Gasteiger partial charge in [0, 0.05) is 58.3 Å². The van der Waals surface area contributed by atoms with Gasteiger partial charge in [0.25, 0.3) is 5.91 Å². The van der Waals surface area contributed by atoms with E-state index in [-0.39, 0.29) is 29.7 Å². The maximum Gasteiger partial charge on any atom is 0.264 e. The quantitative estimate of drug-likeness (QED) is 0.726. The van der Waals surface area contributed by atoms with Gasteiger partial charge in [-0.1, -0.05) is 6.07 Å². The minimum atomic E-state index is 0.0262. The summed E-state index contributed by atoms with van der Waals surface area (Å²) in [7, 11) is 1.85. The van der Waals surface area contributed by atoms with Crippen molar-refractivity contribution in [1.29, 1.82) is 0 Å². The van der Waals surface area contributed by atoms with Gasteiger partial charge in [-0.15, -0.1) is 11.3 Å². The van der Waals surface area contributed by atoms with Gasteiger partial charge >= 0.3 is 0 Å². The van der Waals surface area contributed by atoms with Gasteiger partial charge in [-0.2, -0.15) is 0 Å². The van der Waals surface area contributed by atoms with Gasteiger partial charge in [-0.3, -0.25) is 19.3 Å². The lowest BCUT2D eigenvalue weighted by atomic mass is 9.95. The van der Waals surface area contributed by atoms with Crippen molar-refractivity contribution in [2.75, 3.05) is 52.9 Å². The van der Waals surface area contributed by atoms with Crippen molar-refractivity contribution in [1.82, 2.24) is 19.6 Å². The van der Waals surface area contributed by atoms with E-state index in [2.05, 4.69) is 4.90 Å². The molecule has 8 heteroatoms. The Morgan fingerprint density at radius 1 is 1.07 bits per heavy atom. The maximum absolute atomic E-state index is 12.7. The highest BCUT2D eigenvalue weighted by molar-refractivity contribution is 7.12. The average molecular weight is 421 g/mol. The standard InChI is InChI=1S/C21H32N4O3S/c1-16(2)22(3)20(27)17-6-8-24(9-7-17)19(26)15-23-10-12-25(13-11-23)21(28)18-5-4-14-29-18/h4-5,14,16-17H,6-13,15H2,1-3H3. The molecule has 0 spiro atoms. The van der Waals surface area contributed by atoms with E-state index in [0.29, 0.717) is 32.7 Å². The van der Waals surface area contributed by atoms with Gasteiger partial charge in [-0.05, 0) is 38.1 Å². The monoisotopic (exact) mass is 420 g/mol. The van der Waals surface area contributed by atoms with Crippen LogP contribution in [0.2, 0.25) is 0 Å². The molecule has 2 fully saturated rings. The molecule has 2 aliphatic heterocycles. The third kappa shape index (κ3) is 5.36. The molecule has 0 unspecified atom stereocenters. The summed E-state index contributed by atoms with van der Waals surface area (Å²) in [5.41, 5.74) is 0. The average Bonchev–Trinajstić information content (AvgIpc) is 3.27. The molecule has 0 bridgehead atoms. The molecule has 7 nitrogen and oxygen atoms in total. The Morgan fingerprint density at radius 3 is 2.28 bits per heavy atom. The summed E-state index contributed by atoms with van der Waals surface area (Å²) in [6.45, 7) is 8.48. The first-order valence-corrected chi connectivity index (χ1v) is 11.3. The van der Waals surface area contributed by atoms with Crippen LogP contribution in [0.25, 0.3) is 0 Å². The molecular weight excluding hydrogens is 388 g/mol. The van der Waals surface area contributed by atoms with Crippen molar-refractivity contribution in [3.63, 3.8) is 0 Å². The number of likely N-dealkylation sites (tertiary alicyclic amines) is 1. The molecule has 2 aliphatic rings. The number of hydrogen-bond donors (Lipinski definition) is 0. The second-order valence-electron chi connectivity index (χ2n) is 8.24. The molecule has 0 saturated carbocycles. The molecule has 160 valence electrons.